The highest BCUT2D eigenvalue weighted by atomic mass is 31.2. The monoisotopic (exact) mass is 1440 g/mol. The van der Waals surface area contributed by atoms with Gasteiger partial charge in [0.1, 0.15) is 62.5 Å². The summed E-state index contributed by atoms with van der Waals surface area (Å²) in [6.07, 6.45) is 29.3. The Kier molecular flexibility index (Phi) is 56.1. The zero-order valence-corrected chi connectivity index (χ0v) is 63.6. The lowest BCUT2D eigenvalue weighted by Gasteiger charge is -2.47. The minimum absolute atomic E-state index is 0.00486. The molecule has 2 heterocycles. The number of aliphatic hydroxyl groups is 1. The third-order valence-corrected chi connectivity index (χ3v) is 20.3. The molecule has 21 heteroatoms. The van der Waals surface area contributed by atoms with Crippen molar-refractivity contribution >= 4 is 37.4 Å². The second-order valence-corrected chi connectivity index (χ2v) is 29.5. The average Bonchev–Trinajstić information content (AvgIpc) is 0.782. The van der Waals surface area contributed by atoms with Gasteiger partial charge in [0, 0.05) is 45.5 Å². The van der Waals surface area contributed by atoms with Crippen LogP contribution in [0.4, 0.5) is 9.59 Å². The lowest BCUT2D eigenvalue weighted by molar-refractivity contribution is -0.331. The van der Waals surface area contributed by atoms with Crippen molar-refractivity contribution in [1.29, 1.82) is 0 Å². The smallest absolute Gasteiger partial charge is 0.454 e. The standard InChI is InChI=1S/C79H137O20P/c1-10-18-22-26-29-32-33-34-35-36-37-39-41-45-49-53-68(81)96-75-73(89-58-54-65(87-9)52-48-43-25-21-13-4)71(99-100(86,59-16-7)60-17-8)67(63-93-78(84)90-55-14-5)95-77(75)92-62-66-70(98-79(85)91-56-15-6)72(88-57-50-46-42-31-28-24-20-12-3)74(76(83)94-66)97-69(82)61-64(80)51-47-44-40-38-30-27-23-19-11-2/h14-17,32-33,65-67,70-77,83H,5-8,10-13,18-31,34-63H2,1-4,9H3/b33-32-/t65-,66-,67-,70-,71-,72+,73+,74-,75-,76?,77-/m1/s1. The summed E-state index contributed by atoms with van der Waals surface area (Å²) in [5.74, 6) is -1.88. The number of carbonyl (C=O) groups excluding carboxylic acids is 5. The number of aliphatic hydroxyl groups excluding tert-OH is 1. The number of carbonyl (C=O) groups is 5. The van der Waals surface area contributed by atoms with Crippen molar-refractivity contribution in [2.45, 2.75) is 352 Å². The molecule has 0 aromatic heterocycles. The SMILES string of the molecule is C=CCOC(=O)OC[C@H]1O[C@@H](OC[C@H]2OC(O)[C@H](OC(=O)CC(=O)CCCCCCCCCCC)[C@@H](OCCCCCCCCCC)[C@@H]2OC(=O)OCC=C)[C@H](OC(=O)CCCCCCCCC/C=C\CCCCCC)[C@@H](OCC[C@@H](CCCCCCC)OC)[C@@H]1OP(=O)(CC=C)CC=C. The second kappa shape index (κ2) is 61.1. The average molecular weight is 1440 g/mol. The van der Waals surface area contributed by atoms with Crippen LogP contribution in [0.2, 0.25) is 0 Å². The molecule has 100 heavy (non-hydrogen) atoms. The lowest BCUT2D eigenvalue weighted by atomic mass is 9.97. The fourth-order valence-corrected chi connectivity index (χ4v) is 14.2. The number of hydrogen-bond acceptors (Lipinski definition) is 20. The van der Waals surface area contributed by atoms with Gasteiger partial charge in [-0.25, -0.2) is 9.59 Å². The maximum atomic E-state index is 14.9. The molecular formula is C79H137O20P. The summed E-state index contributed by atoms with van der Waals surface area (Å²) in [5, 5.41) is 12.1. The number of rotatable bonds is 66. The number of hydrogen-bond donors (Lipinski definition) is 1. The van der Waals surface area contributed by atoms with Crippen molar-refractivity contribution in [3.63, 3.8) is 0 Å². The van der Waals surface area contributed by atoms with Crippen LogP contribution in [0.1, 0.15) is 285 Å². The largest absolute Gasteiger partial charge is 0.509 e. The number of ketones is 1. The van der Waals surface area contributed by atoms with Gasteiger partial charge in [0.2, 0.25) is 7.37 Å². The van der Waals surface area contributed by atoms with E-state index in [0.717, 1.165) is 161 Å². The quantitative estimate of drug-likeness (QED) is 0.0149. The summed E-state index contributed by atoms with van der Waals surface area (Å²) in [7, 11) is -2.11. The highest BCUT2D eigenvalue weighted by Crippen LogP contribution is 2.51. The van der Waals surface area contributed by atoms with E-state index in [9.17, 15) is 33.6 Å². The summed E-state index contributed by atoms with van der Waals surface area (Å²) in [6.45, 7) is 22.2. The van der Waals surface area contributed by atoms with Crippen molar-refractivity contribution in [2.75, 3.05) is 59.1 Å². The van der Waals surface area contributed by atoms with E-state index >= 15 is 0 Å². The van der Waals surface area contributed by atoms with E-state index in [-0.39, 0.29) is 63.5 Å². The number of Topliss-reactive ketones (excluding diaryl/α,β-unsaturated/α-hetero) is 1. The van der Waals surface area contributed by atoms with E-state index in [1.165, 1.54) is 75.7 Å². The first kappa shape index (κ1) is 91.8. The number of ether oxygens (including phenoxy) is 12. The van der Waals surface area contributed by atoms with Gasteiger partial charge in [-0.3, -0.25) is 18.9 Å². The van der Waals surface area contributed by atoms with Gasteiger partial charge in [-0.1, -0.05) is 257 Å². The maximum Gasteiger partial charge on any atom is 0.509 e. The van der Waals surface area contributed by atoms with Crippen LogP contribution in [0.3, 0.4) is 0 Å². The molecule has 0 saturated carbocycles. The Morgan fingerprint density at radius 2 is 0.920 bits per heavy atom. The number of methoxy groups -OCH3 is 1. The Balaban J connectivity index is 2.73. The molecule has 0 amide bonds. The van der Waals surface area contributed by atoms with Crippen molar-refractivity contribution in [3.8, 4) is 0 Å². The Morgan fingerprint density at radius 3 is 1.47 bits per heavy atom. The Bertz CT molecular complexity index is 2210. The van der Waals surface area contributed by atoms with E-state index in [2.05, 4.69) is 66.2 Å². The molecule has 0 radical (unpaired) electrons. The van der Waals surface area contributed by atoms with Gasteiger partial charge in [0.05, 0.1) is 12.7 Å². The topological polar surface area (TPSA) is 243 Å². The fourth-order valence-electron chi connectivity index (χ4n) is 12.4. The second-order valence-electron chi connectivity index (χ2n) is 26.9. The molecule has 1 unspecified atom stereocenters. The number of allylic oxidation sites excluding steroid dienone is 4. The molecule has 2 fully saturated rings. The van der Waals surface area contributed by atoms with Crippen LogP contribution >= 0.6 is 7.37 Å². The summed E-state index contributed by atoms with van der Waals surface area (Å²) in [4.78, 5) is 68.5. The van der Waals surface area contributed by atoms with Crippen LogP contribution in [0.15, 0.2) is 62.8 Å². The first-order chi connectivity index (χ1) is 48.7. The van der Waals surface area contributed by atoms with Gasteiger partial charge in [-0.05, 0) is 57.8 Å². The van der Waals surface area contributed by atoms with Gasteiger partial charge < -0.3 is 66.5 Å². The van der Waals surface area contributed by atoms with Gasteiger partial charge in [0.25, 0.3) is 0 Å². The van der Waals surface area contributed by atoms with Crippen LogP contribution in [-0.4, -0.2) is 162 Å². The molecule has 0 aromatic rings. The summed E-state index contributed by atoms with van der Waals surface area (Å²) >= 11 is 0. The fraction of sp³-hybridized carbons (Fsp3) is 0.810. The van der Waals surface area contributed by atoms with Gasteiger partial charge >= 0.3 is 24.2 Å². The molecule has 2 saturated heterocycles. The third-order valence-electron chi connectivity index (χ3n) is 18.1. The predicted molar refractivity (Wildman–Crippen MR) is 394 cm³/mol. The van der Waals surface area contributed by atoms with Crippen LogP contribution in [0.5, 0.6) is 0 Å². The van der Waals surface area contributed by atoms with Gasteiger partial charge in [-0.15, -0.1) is 13.2 Å². The van der Waals surface area contributed by atoms with E-state index < -0.39 is 113 Å². The summed E-state index contributed by atoms with van der Waals surface area (Å²) in [6, 6.07) is 0. The van der Waals surface area contributed by atoms with Crippen molar-refractivity contribution in [2.24, 2.45) is 0 Å². The Hall–Kier alpha value is -4.24. The summed E-state index contributed by atoms with van der Waals surface area (Å²) < 4.78 is 95.2. The van der Waals surface area contributed by atoms with Gasteiger partial charge in [-0.2, -0.15) is 0 Å². The molecule has 2 aliphatic heterocycles. The molecule has 2 rings (SSSR count). The minimum Gasteiger partial charge on any atom is -0.454 e. The Labute approximate surface area is 603 Å². The third kappa shape index (κ3) is 43.1. The number of esters is 2. The molecule has 0 bridgehead atoms. The number of unbranched alkanes of at least 4 members (excludes halogenated alkanes) is 30. The molecular weight excluding hydrogens is 1300 g/mol. The highest BCUT2D eigenvalue weighted by molar-refractivity contribution is 7.59. The van der Waals surface area contributed by atoms with Crippen LogP contribution in [-0.2, 0) is 80.3 Å². The normalized spacial score (nSPS) is 21.1. The molecule has 2 aliphatic rings. The van der Waals surface area contributed by atoms with E-state index in [1.807, 2.05) is 0 Å². The van der Waals surface area contributed by atoms with Crippen LogP contribution < -0.4 is 0 Å². The first-order valence-corrected chi connectivity index (χ1v) is 40.9. The molecule has 1 N–H and O–H groups in total. The van der Waals surface area contributed by atoms with E-state index in [0.29, 0.717) is 25.7 Å². The van der Waals surface area contributed by atoms with Crippen molar-refractivity contribution < 1.29 is 95.0 Å². The molecule has 0 aliphatic carbocycles. The van der Waals surface area contributed by atoms with E-state index in [1.54, 1.807) is 7.11 Å². The molecule has 0 spiro atoms. The van der Waals surface area contributed by atoms with Crippen molar-refractivity contribution in [1.82, 2.24) is 0 Å². The zero-order valence-electron chi connectivity index (χ0n) is 62.7. The molecule has 11 atom stereocenters. The first-order valence-electron chi connectivity index (χ1n) is 38.9. The molecule has 578 valence electrons. The molecule has 20 nitrogen and oxygen atoms in total. The molecule has 0 aromatic carbocycles. The van der Waals surface area contributed by atoms with Gasteiger partial charge in [0.15, 0.2) is 30.9 Å². The minimum atomic E-state index is -3.75. The maximum absolute atomic E-state index is 14.9. The van der Waals surface area contributed by atoms with Crippen LogP contribution in [0, 0.1) is 0 Å². The van der Waals surface area contributed by atoms with E-state index in [4.69, 9.17) is 61.4 Å². The van der Waals surface area contributed by atoms with Crippen molar-refractivity contribution in [3.05, 3.63) is 62.8 Å². The summed E-state index contributed by atoms with van der Waals surface area (Å²) in [5.41, 5.74) is 0. The Morgan fingerprint density at radius 1 is 0.450 bits per heavy atom. The highest BCUT2D eigenvalue weighted by Gasteiger charge is 2.55. The predicted octanol–water partition coefficient (Wildman–Crippen LogP) is 18.9. The zero-order chi connectivity index (χ0) is 73.1. The lowest BCUT2D eigenvalue weighted by Crippen LogP contribution is -2.64. The van der Waals surface area contributed by atoms with Crippen LogP contribution in [0.25, 0.3) is 0 Å².